The first kappa shape index (κ1) is 15.6. The van der Waals surface area contributed by atoms with Crippen molar-refractivity contribution in [2.24, 2.45) is 11.7 Å². The number of nitrogens with two attached hydrogens (primary N) is 1. The highest BCUT2D eigenvalue weighted by atomic mass is 16.6. The molecule has 1 fully saturated rings. The van der Waals surface area contributed by atoms with E-state index >= 15 is 0 Å². The van der Waals surface area contributed by atoms with Gasteiger partial charge in [0.25, 0.3) is 0 Å². The van der Waals surface area contributed by atoms with Crippen LogP contribution in [0.4, 0.5) is 0 Å². The summed E-state index contributed by atoms with van der Waals surface area (Å²) in [5, 5.41) is 9.08. The van der Waals surface area contributed by atoms with Crippen molar-refractivity contribution >= 4 is 11.9 Å². The van der Waals surface area contributed by atoms with Crippen molar-refractivity contribution in [2.75, 3.05) is 6.61 Å². The molecular formula is C16H16N2O4. The van der Waals surface area contributed by atoms with E-state index in [2.05, 4.69) is 0 Å². The van der Waals surface area contributed by atoms with Gasteiger partial charge in [-0.05, 0) is 12.5 Å². The zero-order valence-corrected chi connectivity index (χ0v) is 12.1. The van der Waals surface area contributed by atoms with Crippen LogP contribution in [-0.4, -0.2) is 18.5 Å². The molecule has 2 atom stereocenters. The van der Waals surface area contributed by atoms with E-state index in [1.165, 1.54) is 0 Å². The maximum atomic E-state index is 12.0. The molecule has 0 unspecified atom stereocenters. The quantitative estimate of drug-likeness (QED) is 0.514. The lowest BCUT2D eigenvalue weighted by Gasteiger charge is -2.09. The van der Waals surface area contributed by atoms with E-state index in [0.717, 1.165) is 5.56 Å². The Balaban J connectivity index is 2.24. The van der Waals surface area contributed by atoms with Crippen molar-refractivity contribution in [1.82, 2.24) is 0 Å². The molecule has 0 aromatic heterocycles. The van der Waals surface area contributed by atoms with Crippen molar-refractivity contribution in [3.63, 3.8) is 0 Å². The molecule has 1 heterocycles. The van der Waals surface area contributed by atoms with Gasteiger partial charge < -0.3 is 15.2 Å². The molecule has 6 heteroatoms. The number of esters is 2. The molecule has 0 bridgehead atoms. The van der Waals surface area contributed by atoms with Crippen molar-refractivity contribution in [3.05, 3.63) is 47.2 Å². The molecule has 6 nitrogen and oxygen atoms in total. The van der Waals surface area contributed by atoms with Crippen LogP contribution in [0, 0.1) is 17.2 Å². The van der Waals surface area contributed by atoms with Gasteiger partial charge >= 0.3 is 11.9 Å². The summed E-state index contributed by atoms with van der Waals surface area (Å²) in [4.78, 5) is 23.7. The minimum Gasteiger partial charge on any atom is -0.462 e. The maximum Gasteiger partial charge on any atom is 0.350 e. The molecule has 114 valence electrons. The predicted octanol–water partition coefficient (Wildman–Crippen LogP) is 1.59. The first-order valence-electron chi connectivity index (χ1n) is 6.90. The lowest BCUT2D eigenvalue weighted by molar-refractivity contribution is -0.143. The lowest BCUT2D eigenvalue weighted by Crippen LogP contribution is -2.22. The normalized spacial score (nSPS) is 21.5. The number of rotatable bonds is 4. The Kier molecular flexibility index (Phi) is 4.79. The SMILES string of the molecule is CCOC(=O)/C(C#N)=C(\N)[C@H]1C[C@@H](c2ccccc2)OC1=O. The van der Waals surface area contributed by atoms with E-state index in [1.54, 1.807) is 13.0 Å². The summed E-state index contributed by atoms with van der Waals surface area (Å²) in [6.07, 6.45) is -0.140. The molecule has 1 aliphatic heterocycles. The van der Waals surface area contributed by atoms with Crippen molar-refractivity contribution in [1.29, 1.82) is 5.26 Å². The van der Waals surface area contributed by atoms with Gasteiger partial charge in [-0.3, -0.25) is 4.79 Å². The largest absolute Gasteiger partial charge is 0.462 e. The van der Waals surface area contributed by atoms with Gasteiger partial charge in [0, 0.05) is 12.1 Å². The van der Waals surface area contributed by atoms with Crippen LogP contribution in [-0.2, 0) is 19.1 Å². The molecule has 0 saturated carbocycles. The van der Waals surface area contributed by atoms with Gasteiger partial charge in [-0.25, -0.2) is 4.79 Å². The first-order valence-corrected chi connectivity index (χ1v) is 6.90. The standard InChI is InChI=1S/C16H16N2O4/c1-2-21-15(19)12(9-17)14(18)11-8-13(22-16(11)20)10-6-4-3-5-7-10/h3-7,11,13H,2,8,18H2,1H3/b14-12-/t11-,13+/m1/s1. The number of benzene rings is 1. The summed E-state index contributed by atoms with van der Waals surface area (Å²) in [5.74, 6) is -2.17. The number of hydrogen-bond acceptors (Lipinski definition) is 6. The summed E-state index contributed by atoms with van der Waals surface area (Å²) < 4.78 is 10.1. The van der Waals surface area contributed by atoms with Crippen molar-refractivity contribution in [3.8, 4) is 6.07 Å². The Morgan fingerprint density at radius 1 is 1.45 bits per heavy atom. The average molecular weight is 300 g/mol. The third-order valence-electron chi connectivity index (χ3n) is 3.42. The highest BCUT2D eigenvalue weighted by Crippen LogP contribution is 2.36. The van der Waals surface area contributed by atoms with Gasteiger partial charge in [0.2, 0.25) is 0 Å². The van der Waals surface area contributed by atoms with Gasteiger partial charge in [-0.2, -0.15) is 5.26 Å². The fraction of sp³-hybridized carbons (Fsp3) is 0.312. The van der Waals surface area contributed by atoms with Crippen LogP contribution in [0.15, 0.2) is 41.6 Å². The minimum absolute atomic E-state index is 0.0932. The van der Waals surface area contributed by atoms with E-state index in [9.17, 15) is 9.59 Å². The second-order valence-electron chi connectivity index (χ2n) is 4.79. The summed E-state index contributed by atoms with van der Waals surface area (Å²) in [6, 6.07) is 10.9. The van der Waals surface area contributed by atoms with Gasteiger partial charge in [0.1, 0.15) is 18.1 Å². The first-order chi connectivity index (χ1) is 10.6. The number of carbonyl (C=O) groups excluding carboxylic acids is 2. The van der Waals surface area contributed by atoms with Gasteiger partial charge in [0.15, 0.2) is 5.57 Å². The molecule has 22 heavy (non-hydrogen) atoms. The number of ether oxygens (including phenoxy) is 2. The topological polar surface area (TPSA) is 102 Å². The van der Waals surface area contributed by atoms with Gasteiger partial charge in [-0.1, -0.05) is 30.3 Å². The number of nitrogens with zero attached hydrogens (tertiary/aromatic N) is 1. The number of hydrogen-bond donors (Lipinski definition) is 1. The van der Waals surface area contributed by atoms with Crippen LogP contribution in [0.5, 0.6) is 0 Å². The Hall–Kier alpha value is -2.81. The molecule has 2 N–H and O–H groups in total. The number of carbonyl (C=O) groups is 2. The zero-order valence-electron chi connectivity index (χ0n) is 12.1. The Labute approximate surface area is 128 Å². The van der Waals surface area contributed by atoms with Crippen LogP contribution in [0.1, 0.15) is 25.0 Å². The molecule has 0 radical (unpaired) electrons. The van der Waals surface area contributed by atoms with E-state index in [-0.39, 0.29) is 17.9 Å². The summed E-state index contributed by atoms with van der Waals surface area (Å²) in [7, 11) is 0. The van der Waals surface area contributed by atoms with Crippen molar-refractivity contribution < 1.29 is 19.1 Å². The second kappa shape index (κ2) is 6.76. The summed E-state index contributed by atoms with van der Waals surface area (Å²) in [5.41, 5.74) is 6.27. The Morgan fingerprint density at radius 2 is 2.14 bits per heavy atom. The minimum atomic E-state index is -0.821. The zero-order chi connectivity index (χ0) is 16.1. The number of cyclic esters (lactones) is 1. The van der Waals surface area contributed by atoms with E-state index in [1.807, 2.05) is 30.3 Å². The fourth-order valence-corrected chi connectivity index (χ4v) is 2.31. The fourth-order valence-electron chi connectivity index (χ4n) is 2.31. The number of nitriles is 1. The highest BCUT2D eigenvalue weighted by molar-refractivity contribution is 5.95. The van der Waals surface area contributed by atoms with Crippen LogP contribution < -0.4 is 5.73 Å². The molecular weight excluding hydrogens is 284 g/mol. The highest BCUT2D eigenvalue weighted by Gasteiger charge is 2.39. The van der Waals surface area contributed by atoms with E-state index in [0.29, 0.717) is 6.42 Å². The van der Waals surface area contributed by atoms with Crippen LogP contribution >= 0.6 is 0 Å². The Bertz CT molecular complexity index is 646. The van der Waals surface area contributed by atoms with Crippen molar-refractivity contribution in [2.45, 2.75) is 19.4 Å². The Morgan fingerprint density at radius 3 is 2.73 bits per heavy atom. The van der Waals surface area contributed by atoms with Crippen LogP contribution in [0.3, 0.4) is 0 Å². The molecule has 0 aliphatic carbocycles. The van der Waals surface area contributed by atoms with Gasteiger partial charge in [0.05, 0.1) is 6.61 Å². The average Bonchev–Trinajstić information content (AvgIpc) is 2.91. The molecule has 1 saturated heterocycles. The molecule has 1 aromatic rings. The van der Waals surface area contributed by atoms with Crippen LogP contribution in [0.2, 0.25) is 0 Å². The third kappa shape index (κ3) is 3.09. The molecule has 1 aromatic carbocycles. The monoisotopic (exact) mass is 300 g/mol. The summed E-state index contributed by atoms with van der Waals surface area (Å²) in [6.45, 7) is 1.75. The molecule has 0 spiro atoms. The second-order valence-corrected chi connectivity index (χ2v) is 4.79. The van der Waals surface area contributed by atoms with E-state index in [4.69, 9.17) is 20.5 Å². The van der Waals surface area contributed by atoms with E-state index < -0.39 is 24.0 Å². The molecule has 1 aliphatic rings. The lowest BCUT2D eigenvalue weighted by atomic mass is 9.95. The molecule has 0 amide bonds. The van der Waals surface area contributed by atoms with Crippen LogP contribution in [0.25, 0.3) is 0 Å². The molecule has 2 rings (SSSR count). The maximum absolute atomic E-state index is 12.0. The summed E-state index contributed by atoms with van der Waals surface area (Å²) >= 11 is 0. The third-order valence-corrected chi connectivity index (χ3v) is 3.42. The van der Waals surface area contributed by atoms with Gasteiger partial charge in [-0.15, -0.1) is 0 Å². The predicted molar refractivity (Wildman–Crippen MR) is 76.8 cm³/mol. The smallest absolute Gasteiger partial charge is 0.350 e.